The van der Waals surface area contributed by atoms with Gasteiger partial charge in [-0.2, -0.15) is 15.2 Å². The van der Waals surface area contributed by atoms with Crippen molar-refractivity contribution in [3.05, 3.63) is 173 Å². The number of nitrogens with zero attached hydrogens (tertiary/aromatic N) is 4. The van der Waals surface area contributed by atoms with Crippen LogP contribution in [-0.2, 0) is 11.4 Å². The summed E-state index contributed by atoms with van der Waals surface area (Å²) in [5, 5.41) is 11.9. The SMILES string of the molecule is O=C1/C(=C\c2cn(-c3ccccc3)nc2-c2ccc(OCc3ccccc3Cl)cc2)C(c2ccccc2)=NN1c1ccccc1. The number of benzene rings is 5. The molecule has 0 unspecified atom stereocenters. The third kappa shape index (κ3) is 5.92. The lowest BCUT2D eigenvalue weighted by Crippen LogP contribution is -2.21. The van der Waals surface area contributed by atoms with E-state index in [0.29, 0.717) is 34.4 Å². The highest BCUT2D eigenvalue weighted by Crippen LogP contribution is 2.32. The molecule has 0 fully saturated rings. The molecule has 1 aliphatic heterocycles. The number of aromatic nitrogens is 2. The van der Waals surface area contributed by atoms with Crippen LogP contribution in [0.1, 0.15) is 16.7 Å². The molecule has 2 heterocycles. The van der Waals surface area contributed by atoms with Gasteiger partial charge in [0, 0.05) is 33.5 Å². The molecule has 0 atom stereocenters. The van der Waals surface area contributed by atoms with Crippen molar-refractivity contribution in [3.63, 3.8) is 0 Å². The Morgan fingerprint density at radius 1 is 0.689 bits per heavy atom. The molecule has 0 saturated carbocycles. The fourth-order valence-electron chi connectivity index (χ4n) is 5.17. The van der Waals surface area contributed by atoms with E-state index in [1.54, 1.807) is 0 Å². The van der Waals surface area contributed by atoms with Gasteiger partial charge in [-0.3, -0.25) is 4.79 Å². The normalized spacial score (nSPS) is 13.7. The Labute approximate surface area is 266 Å². The molecule has 1 aliphatic rings. The van der Waals surface area contributed by atoms with E-state index in [9.17, 15) is 4.79 Å². The van der Waals surface area contributed by atoms with Gasteiger partial charge in [-0.05, 0) is 60.7 Å². The molecule has 0 N–H and O–H groups in total. The number of halogens is 1. The molecule has 0 aliphatic carbocycles. The number of rotatable bonds is 8. The van der Waals surface area contributed by atoms with Gasteiger partial charge in [0.1, 0.15) is 18.1 Å². The standard InChI is InChI=1S/C38H27ClN4O2/c39-35-19-11-10-14-29(35)26-45-33-22-20-28(21-23-33)36-30(25-42(40-36)31-15-6-2-7-16-31)24-34-37(27-12-4-1-5-13-27)41-43(38(34)44)32-17-8-3-9-18-32/h1-25H,26H2/b34-24-. The highest BCUT2D eigenvalue weighted by atomic mass is 35.5. The molecule has 218 valence electrons. The summed E-state index contributed by atoms with van der Waals surface area (Å²) in [6.07, 6.45) is 3.83. The van der Waals surface area contributed by atoms with Crippen molar-refractivity contribution < 1.29 is 9.53 Å². The van der Waals surface area contributed by atoms with Gasteiger partial charge in [0.05, 0.1) is 22.6 Å². The van der Waals surface area contributed by atoms with E-state index in [1.807, 2.05) is 156 Å². The van der Waals surface area contributed by atoms with Crippen LogP contribution in [0.15, 0.2) is 156 Å². The van der Waals surface area contributed by atoms with Crippen LogP contribution in [0.3, 0.4) is 0 Å². The van der Waals surface area contributed by atoms with Crippen LogP contribution in [0, 0.1) is 0 Å². The zero-order valence-corrected chi connectivity index (χ0v) is 24.9. The summed E-state index contributed by atoms with van der Waals surface area (Å²) in [7, 11) is 0. The van der Waals surface area contributed by atoms with Gasteiger partial charge in [-0.25, -0.2) is 4.68 Å². The molecule has 5 aromatic carbocycles. The van der Waals surface area contributed by atoms with E-state index in [-0.39, 0.29) is 5.91 Å². The van der Waals surface area contributed by atoms with Crippen LogP contribution in [0.25, 0.3) is 23.0 Å². The van der Waals surface area contributed by atoms with Crippen LogP contribution in [0.5, 0.6) is 5.75 Å². The Morgan fingerprint density at radius 2 is 1.31 bits per heavy atom. The molecular formula is C38H27ClN4O2. The van der Waals surface area contributed by atoms with Crippen molar-refractivity contribution >= 4 is 35.0 Å². The van der Waals surface area contributed by atoms with Gasteiger partial charge in [0.2, 0.25) is 0 Å². The third-order valence-electron chi connectivity index (χ3n) is 7.47. The number of carbonyl (C=O) groups is 1. The second kappa shape index (κ2) is 12.5. The van der Waals surface area contributed by atoms with E-state index in [1.165, 1.54) is 5.01 Å². The van der Waals surface area contributed by atoms with Crippen molar-refractivity contribution in [2.45, 2.75) is 6.61 Å². The van der Waals surface area contributed by atoms with Crippen molar-refractivity contribution in [3.8, 4) is 22.7 Å². The molecule has 7 heteroatoms. The first-order valence-electron chi connectivity index (χ1n) is 14.5. The second-order valence-electron chi connectivity index (χ2n) is 10.4. The number of anilines is 1. The molecule has 0 bridgehead atoms. The van der Waals surface area contributed by atoms with Crippen molar-refractivity contribution in [1.82, 2.24) is 9.78 Å². The quantitative estimate of drug-likeness (QED) is 0.163. The number of carbonyl (C=O) groups excluding carboxylic acids is 1. The summed E-state index contributed by atoms with van der Waals surface area (Å²) < 4.78 is 7.85. The smallest absolute Gasteiger partial charge is 0.281 e. The molecular weight excluding hydrogens is 580 g/mol. The number of hydrogen-bond acceptors (Lipinski definition) is 4. The van der Waals surface area contributed by atoms with Gasteiger partial charge in [0.15, 0.2) is 0 Å². The van der Waals surface area contributed by atoms with E-state index in [0.717, 1.165) is 33.6 Å². The first-order chi connectivity index (χ1) is 22.1. The van der Waals surface area contributed by atoms with Crippen LogP contribution in [0.4, 0.5) is 5.69 Å². The highest BCUT2D eigenvalue weighted by molar-refractivity contribution is 6.37. The van der Waals surface area contributed by atoms with E-state index < -0.39 is 0 Å². The second-order valence-corrected chi connectivity index (χ2v) is 10.8. The Morgan fingerprint density at radius 3 is 2.00 bits per heavy atom. The number of para-hydroxylation sites is 2. The lowest BCUT2D eigenvalue weighted by Gasteiger charge is -2.11. The summed E-state index contributed by atoms with van der Waals surface area (Å²) in [5.41, 5.74) is 6.85. The molecule has 6 nitrogen and oxygen atoms in total. The largest absolute Gasteiger partial charge is 0.489 e. The molecule has 0 radical (unpaired) electrons. The number of ether oxygens (including phenoxy) is 1. The number of hydrazone groups is 1. The monoisotopic (exact) mass is 606 g/mol. The summed E-state index contributed by atoms with van der Waals surface area (Å²) in [6, 6.07) is 44.5. The summed E-state index contributed by atoms with van der Waals surface area (Å²) in [5.74, 6) is 0.505. The molecule has 0 spiro atoms. The predicted molar refractivity (Wildman–Crippen MR) is 180 cm³/mol. The van der Waals surface area contributed by atoms with E-state index in [2.05, 4.69) is 0 Å². The zero-order valence-electron chi connectivity index (χ0n) is 24.1. The third-order valence-corrected chi connectivity index (χ3v) is 7.84. The first kappa shape index (κ1) is 28.1. The fourth-order valence-corrected chi connectivity index (χ4v) is 5.36. The van der Waals surface area contributed by atoms with E-state index in [4.69, 9.17) is 26.5 Å². The maximum absolute atomic E-state index is 14.0. The van der Waals surface area contributed by atoms with Crippen LogP contribution >= 0.6 is 11.6 Å². The average molecular weight is 607 g/mol. The molecule has 0 saturated heterocycles. The fraction of sp³-hybridized carbons (Fsp3) is 0.0263. The Hall–Kier alpha value is -5.72. The molecule has 45 heavy (non-hydrogen) atoms. The maximum atomic E-state index is 14.0. The van der Waals surface area contributed by atoms with Gasteiger partial charge in [-0.1, -0.05) is 96.5 Å². The molecule has 7 rings (SSSR count). The Balaban J connectivity index is 1.28. The number of hydrogen-bond donors (Lipinski definition) is 0. The summed E-state index contributed by atoms with van der Waals surface area (Å²) in [4.78, 5) is 14.0. The topological polar surface area (TPSA) is 59.7 Å². The molecule has 1 aromatic heterocycles. The van der Waals surface area contributed by atoms with Gasteiger partial charge < -0.3 is 4.74 Å². The van der Waals surface area contributed by atoms with Crippen molar-refractivity contribution in [1.29, 1.82) is 0 Å². The Kier molecular flexibility index (Phi) is 7.79. The average Bonchev–Trinajstić information content (AvgIpc) is 3.67. The Bertz CT molecular complexity index is 2020. The molecule has 1 amide bonds. The van der Waals surface area contributed by atoms with E-state index >= 15 is 0 Å². The lowest BCUT2D eigenvalue weighted by molar-refractivity contribution is -0.114. The van der Waals surface area contributed by atoms with Gasteiger partial charge in [0.25, 0.3) is 5.91 Å². The first-order valence-corrected chi connectivity index (χ1v) is 14.9. The lowest BCUT2D eigenvalue weighted by atomic mass is 9.99. The minimum absolute atomic E-state index is 0.207. The van der Waals surface area contributed by atoms with Crippen molar-refractivity contribution in [2.24, 2.45) is 5.10 Å². The summed E-state index contributed by atoms with van der Waals surface area (Å²) >= 11 is 6.31. The van der Waals surface area contributed by atoms with Gasteiger partial charge >= 0.3 is 0 Å². The molecule has 6 aromatic rings. The minimum Gasteiger partial charge on any atom is -0.489 e. The summed E-state index contributed by atoms with van der Waals surface area (Å²) in [6.45, 7) is 0.362. The van der Waals surface area contributed by atoms with Gasteiger partial charge in [-0.15, -0.1) is 0 Å². The highest BCUT2D eigenvalue weighted by Gasteiger charge is 2.32. The van der Waals surface area contributed by atoms with Crippen LogP contribution in [-0.4, -0.2) is 21.4 Å². The van der Waals surface area contributed by atoms with Crippen molar-refractivity contribution in [2.75, 3.05) is 5.01 Å². The predicted octanol–water partition coefficient (Wildman–Crippen LogP) is 8.61. The maximum Gasteiger partial charge on any atom is 0.281 e. The number of amides is 1. The van der Waals surface area contributed by atoms with Crippen LogP contribution < -0.4 is 9.75 Å². The van der Waals surface area contributed by atoms with Crippen LogP contribution in [0.2, 0.25) is 5.02 Å². The zero-order chi connectivity index (χ0) is 30.6. The minimum atomic E-state index is -0.207.